The van der Waals surface area contributed by atoms with Crippen molar-refractivity contribution in [3.05, 3.63) is 52.3 Å². The Morgan fingerprint density at radius 1 is 1.11 bits per heavy atom. The van der Waals surface area contributed by atoms with Crippen LogP contribution < -0.4 is 10.2 Å². The molecule has 0 bridgehead atoms. The summed E-state index contributed by atoms with van der Waals surface area (Å²) in [6, 6.07) is 9.48. The molecular formula is C17H18N8O3. The van der Waals surface area contributed by atoms with Crippen LogP contribution in [0.5, 0.6) is 0 Å². The summed E-state index contributed by atoms with van der Waals surface area (Å²) in [5.41, 5.74) is 0.746. The maximum Gasteiger partial charge on any atom is 0.322 e. The number of rotatable bonds is 3. The van der Waals surface area contributed by atoms with Gasteiger partial charge in [-0.3, -0.25) is 10.1 Å². The fraction of sp³-hybridized carbons (Fsp3) is 0.294. The molecule has 1 aliphatic heterocycles. The molecule has 2 aromatic heterocycles. The summed E-state index contributed by atoms with van der Waals surface area (Å²) in [6.07, 6.45) is 0. The van der Waals surface area contributed by atoms with Gasteiger partial charge in [-0.1, -0.05) is 12.1 Å². The number of carbonyl (C=O) groups excluding carboxylic acids is 1. The molecule has 0 saturated carbocycles. The quantitative estimate of drug-likeness (QED) is 0.540. The molecule has 0 radical (unpaired) electrons. The number of fused-ring (bicyclic) bond motifs is 1. The summed E-state index contributed by atoms with van der Waals surface area (Å²) in [5.74, 6) is 1.49. The number of aromatic nitrogens is 4. The standard InChI is InChI=1S/C17H18N8O3/c1-12-19-20-15-6-7-16(21-24(12)15)22-8-10-23(11-9-22)17(26)18-13-4-2-3-5-14(13)25(27)28/h2-7H,8-11H2,1H3,(H,18,26). The minimum Gasteiger partial charge on any atom is -0.352 e. The number of hydrogen-bond acceptors (Lipinski definition) is 7. The Hall–Kier alpha value is -3.76. The van der Waals surface area contributed by atoms with Gasteiger partial charge in [-0.05, 0) is 25.1 Å². The summed E-state index contributed by atoms with van der Waals surface area (Å²) >= 11 is 0. The molecule has 1 aliphatic rings. The van der Waals surface area contributed by atoms with Gasteiger partial charge in [-0.2, -0.15) is 4.52 Å². The summed E-state index contributed by atoms with van der Waals surface area (Å²) in [6.45, 7) is 4.00. The van der Waals surface area contributed by atoms with Gasteiger partial charge in [0.25, 0.3) is 5.69 Å². The second kappa shape index (κ2) is 7.10. The fourth-order valence-electron chi connectivity index (χ4n) is 3.13. The molecule has 0 spiro atoms. The SMILES string of the molecule is Cc1nnc2ccc(N3CCN(C(=O)Nc4ccccc4[N+](=O)[O-])CC3)nn12. The van der Waals surface area contributed by atoms with E-state index in [0.717, 1.165) is 5.82 Å². The van der Waals surface area contributed by atoms with E-state index in [1.165, 1.54) is 12.1 Å². The van der Waals surface area contributed by atoms with Crippen molar-refractivity contribution in [2.45, 2.75) is 6.92 Å². The Labute approximate surface area is 159 Å². The van der Waals surface area contributed by atoms with Crippen LogP contribution in [0.3, 0.4) is 0 Å². The highest BCUT2D eigenvalue weighted by molar-refractivity contribution is 5.92. The summed E-state index contributed by atoms with van der Waals surface area (Å²) in [4.78, 5) is 26.8. The van der Waals surface area contributed by atoms with Crippen LogP contribution in [0, 0.1) is 17.0 Å². The van der Waals surface area contributed by atoms with Crippen LogP contribution in [0.15, 0.2) is 36.4 Å². The molecule has 3 aromatic rings. The van der Waals surface area contributed by atoms with E-state index in [0.29, 0.717) is 37.7 Å². The van der Waals surface area contributed by atoms with Gasteiger partial charge in [-0.15, -0.1) is 15.3 Å². The van der Waals surface area contributed by atoms with Gasteiger partial charge in [0.15, 0.2) is 11.5 Å². The van der Waals surface area contributed by atoms with Gasteiger partial charge in [0, 0.05) is 32.2 Å². The van der Waals surface area contributed by atoms with Crippen molar-refractivity contribution < 1.29 is 9.72 Å². The number of nitro benzene ring substituents is 1. The predicted octanol–water partition coefficient (Wildman–Crippen LogP) is 1.70. The maximum absolute atomic E-state index is 12.5. The van der Waals surface area contributed by atoms with E-state index in [1.54, 1.807) is 21.5 Å². The Balaban J connectivity index is 1.41. The average molecular weight is 382 g/mol. The van der Waals surface area contributed by atoms with E-state index in [1.807, 2.05) is 19.1 Å². The predicted molar refractivity (Wildman–Crippen MR) is 101 cm³/mol. The van der Waals surface area contributed by atoms with Gasteiger partial charge in [0.2, 0.25) is 0 Å². The van der Waals surface area contributed by atoms with Crippen LogP contribution in [0.2, 0.25) is 0 Å². The van der Waals surface area contributed by atoms with E-state index >= 15 is 0 Å². The molecule has 1 N–H and O–H groups in total. The van der Waals surface area contributed by atoms with Crippen LogP contribution in [0.4, 0.5) is 22.0 Å². The average Bonchev–Trinajstić information content (AvgIpc) is 3.08. The first-order chi connectivity index (χ1) is 13.5. The summed E-state index contributed by atoms with van der Waals surface area (Å²) in [7, 11) is 0. The van der Waals surface area contributed by atoms with Crippen molar-refractivity contribution in [2.75, 3.05) is 36.4 Å². The van der Waals surface area contributed by atoms with Crippen molar-refractivity contribution in [3.63, 3.8) is 0 Å². The number of aryl methyl sites for hydroxylation is 1. The molecule has 2 amide bonds. The highest BCUT2D eigenvalue weighted by Crippen LogP contribution is 2.24. The lowest BCUT2D eigenvalue weighted by Crippen LogP contribution is -2.50. The zero-order valence-corrected chi connectivity index (χ0v) is 15.1. The first-order valence-corrected chi connectivity index (χ1v) is 8.76. The molecule has 1 aromatic carbocycles. The number of urea groups is 1. The number of piperazine rings is 1. The number of anilines is 2. The van der Waals surface area contributed by atoms with Crippen molar-refractivity contribution in [2.24, 2.45) is 0 Å². The van der Waals surface area contributed by atoms with Crippen LogP contribution in [0.1, 0.15) is 5.82 Å². The Morgan fingerprint density at radius 3 is 2.61 bits per heavy atom. The molecule has 11 heteroatoms. The lowest BCUT2D eigenvalue weighted by atomic mass is 10.2. The van der Waals surface area contributed by atoms with Gasteiger partial charge < -0.3 is 15.1 Å². The van der Waals surface area contributed by atoms with E-state index in [9.17, 15) is 14.9 Å². The molecule has 0 unspecified atom stereocenters. The molecular weight excluding hydrogens is 364 g/mol. The van der Waals surface area contributed by atoms with Crippen LogP contribution >= 0.6 is 0 Å². The lowest BCUT2D eigenvalue weighted by molar-refractivity contribution is -0.383. The molecule has 144 valence electrons. The number of nitro groups is 1. The van der Waals surface area contributed by atoms with E-state index in [-0.39, 0.29) is 17.4 Å². The highest BCUT2D eigenvalue weighted by atomic mass is 16.6. The third-order valence-corrected chi connectivity index (χ3v) is 4.64. The van der Waals surface area contributed by atoms with Crippen LogP contribution in [0.25, 0.3) is 5.65 Å². The van der Waals surface area contributed by atoms with Gasteiger partial charge >= 0.3 is 6.03 Å². The third kappa shape index (κ3) is 3.29. The van der Waals surface area contributed by atoms with Gasteiger partial charge in [-0.25, -0.2) is 4.79 Å². The highest BCUT2D eigenvalue weighted by Gasteiger charge is 2.24. The Kier molecular flexibility index (Phi) is 4.47. The second-order valence-electron chi connectivity index (χ2n) is 6.39. The monoisotopic (exact) mass is 382 g/mol. The number of nitrogens with zero attached hydrogens (tertiary/aromatic N) is 7. The third-order valence-electron chi connectivity index (χ3n) is 4.64. The zero-order valence-electron chi connectivity index (χ0n) is 15.1. The lowest BCUT2D eigenvalue weighted by Gasteiger charge is -2.35. The topological polar surface area (TPSA) is 122 Å². The first-order valence-electron chi connectivity index (χ1n) is 8.76. The summed E-state index contributed by atoms with van der Waals surface area (Å²) in [5, 5.41) is 26.3. The number of nitrogens with one attached hydrogen (secondary N) is 1. The van der Waals surface area contributed by atoms with Gasteiger partial charge in [0.05, 0.1) is 4.92 Å². The van der Waals surface area contributed by atoms with E-state index in [2.05, 4.69) is 25.5 Å². The molecule has 0 aliphatic carbocycles. The van der Waals surface area contributed by atoms with Crippen molar-refractivity contribution in [1.82, 2.24) is 24.7 Å². The molecule has 3 heterocycles. The maximum atomic E-state index is 12.5. The normalized spacial score (nSPS) is 14.3. The molecule has 0 atom stereocenters. The smallest absolute Gasteiger partial charge is 0.322 e. The number of para-hydroxylation sites is 2. The number of amides is 2. The van der Waals surface area contributed by atoms with E-state index in [4.69, 9.17) is 0 Å². The molecule has 1 saturated heterocycles. The molecule has 11 nitrogen and oxygen atoms in total. The Morgan fingerprint density at radius 2 is 1.86 bits per heavy atom. The minimum absolute atomic E-state index is 0.128. The zero-order chi connectivity index (χ0) is 19.7. The fourth-order valence-corrected chi connectivity index (χ4v) is 3.13. The largest absolute Gasteiger partial charge is 0.352 e. The molecule has 4 rings (SSSR count). The van der Waals surface area contributed by atoms with Crippen LogP contribution in [-0.4, -0.2) is 61.8 Å². The van der Waals surface area contributed by atoms with Crippen LogP contribution in [-0.2, 0) is 0 Å². The number of hydrogen-bond donors (Lipinski definition) is 1. The summed E-state index contributed by atoms with van der Waals surface area (Å²) < 4.78 is 1.68. The minimum atomic E-state index is -0.512. The number of carbonyl (C=O) groups is 1. The van der Waals surface area contributed by atoms with Crippen molar-refractivity contribution >= 4 is 28.9 Å². The van der Waals surface area contributed by atoms with Gasteiger partial charge in [0.1, 0.15) is 11.5 Å². The molecule has 28 heavy (non-hydrogen) atoms. The number of benzene rings is 1. The second-order valence-corrected chi connectivity index (χ2v) is 6.39. The molecule has 1 fully saturated rings. The van der Waals surface area contributed by atoms with Crippen molar-refractivity contribution in [3.8, 4) is 0 Å². The van der Waals surface area contributed by atoms with Crippen molar-refractivity contribution in [1.29, 1.82) is 0 Å². The van der Waals surface area contributed by atoms with E-state index < -0.39 is 4.92 Å². The first kappa shape index (κ1) is 17.6. The Bertz CT molecular complexity index is 1040.